The molecule has 0 radical (unpaired) electrons. The quantitative estimate of drug-likeness (QED) is 0.598. The van der Waals surface area contributed by atoms with Crippen molar-refractivity contribution in [2.24, 2.45) is 5.92 Å². The van der Waals surface area contributed by atoms with Gasteiger partial charge in [0.2, 0.25) is 5.91 Å². The molecule has 1 aliphatic carbocycles. The number of rotatable bonds is 9. The number of ether oxygens (including phenoxy) is 2. The molecule has 1 N–H and O–H groups in total. The van der Waals surface area contributed by atoms with E-state index in [-0.39, 0.29) is 23.9 Å². The van der Waals surface area contributed by atoms with Crippen molar-refractivity contribution < 1.29 is 31.6 Å². The Balaban J connectivity index is 1.75. The molecule has 1 saturated carbocycles. The molecule has 1 aliphatic heterocycles. The molecule has 2 aromatic rings. The van der Waals surface area contributed by atoms with Crippen molar-refractivity contribution in [2.45, 2.75) is 32.4 Å². The molecule has 1 fully saturated rings. The first kappa shape index (κ1) is 19.4. The van der Waals surface area contributed by atoms with E-state index in [1.807, 2.05) is 0 Å². The van der Waals surface area contributed by atoms with Gasteiger partial charge in [0, 0.05) is 22.8 Å². The van der Waals surface area contributed by atoms with E-state index in [2.05, 4.69) is 5.32 Å². The zero-order valence-corrected chi connectivity index (χ0v) is 19.3. The molecule has 0 aromatic heterocycles. The summed E-state index contributed by atoms with van der Waals surface area (Å²) < 4.78 is 59.1. The second kappa shape index (κ2) is 9.05. The van der Waals surface area contributed by atoms with Crippen LogP contribution in [0.15, 0.2) is 36.4 Å². The van der Waals surface area contributed by atoms with Crippen LogP contribution < -0.4 is 14.8 Å². The zero-order valence-electron chi connectivity index (χ0n) is 21.5. The van der Waals surface area contributed by atoms with Crippen LogP contribution >= 0.6 is 0 Å². The topological polar surface area (TPSA) is 102 Å². The lowest BCUT2D eigenvalue weighted by atomic mass is 10.1. The number of benzene rings is 2. The predicted octanol–water partition coefficient (Wildman–Crippen LogP) is 3.18. The van der Waals surface area contributed by atoms with E-state index in [1.54, 1.807) is 43.3 Å². The number of hydrogen-bond donors (Lipinski definition) is 1. The fraction of sp³-hybridized carbons (Fsp3) is 0.417. The number of sulfone groups is 1. The van der Waals surface area contributed by atoms with E-state index in [1.165, 1.54) is 12.0 Å². The molecule has 0 bridgehead atoms. The lowest BCUT2D eigenvalue weighted by Gasteiger charge is -2.28. The summed E-state index contributed by atoms with van der Waals surface area (Å²) in [6.45, 7) is 2.15. The standard InChI is InChI=1S/C24H28N2O6S/c1-4-32-21-12-16(10-11-20(21)31-2)19(14-33(3,29)30)26-13-17-6-5-7-18(22(17)24(26)28)25-23(27)15-8-9-15/h5-7,10-12,15,19H,4,8-9,13-14H2,1-3H3,(H,25,27)/t19-/m1/s1/i3D3. The lowest BCUT2D eigenvalue weighted by Crippen LogP contribution is -2.34. The maximum absolute atomic E-state index is 13.7. The third kappa shape index (κ3) is 4.98. The van der Waals surface area contributed by atoms with Crippen LogP contribution in [-0.4, -0.2) is 50.8 Å². The van der Waals surface area contributed by atoms with E-state index in [9.17, 15) is 18.0 Å². The normalized spacial score (nSPS) is 18.1. The summed E-state index contributed by atoms with van der Waals surface area (Å²) in [5.41, 5.74) is 1.64. The monoisotopic (exact) mass is 475 g/mol. The number of carbonyl (C=O) groups excluding carboxylic acids is 2. The second-order valence-corrected chi connectivity index (χ2v) is 9.74. The molecule has 0 unspecified atom stereocenters. The average molecular weight is 476 g/mol. The summed E-state index contributed by atoms with van der Waals surface area (Å²) in [5, 5.41) is 2.82. The summed E-state index contributed by atoms with van der Waals surface area (Å²) in [6, 6.07) is 8.70. The fourth-order valence-electron chi connectivity index (χ4n) is 4.06. The Morgan fingerprint density at radius 3 is 2.73 bits per heavy atom. The zero-order chi connectivity index (χ0) is 26.3. The van der Waals surface area contributed by atoms with Crippen LogP contribution in [0.2, 0.25) is 0 Å². The molecule has 0 saturated heterocycles. The van der Waals surface area contributed by atoms with Crippen LogP contribution in [0.5, 0.6) is 11.5 Å². The van der Waals surface area contributed by atoms with Gasteiger partial charge in [-0.25, -0.2) is 8.42 Å². The molecule has 2 amide bonds. The van der Waals surface area contributed by atoms with Crippen LogP contribution in [-0.2, 0) is 21.2 Å². The van der Waals surface area contributed by atoms with E-state index in [4.69, 9.17) is 13.6 Å². The highest BCUT2D eigenvalue weighted by Crippen LogP contribution is 2.39. The fourth-order valence-corrected chi connectivity index (χ4v) is 4.85. The number of hydrogen-bond acceptors (Lipinski definition) is 6. The van der Waals surface area contributed by atoms with Gasteiger partial charge in [-0.2, -0.15) is 0 Å². The van der Waals surface area contributed by atoms with E-state index < -0.39 is 33.7 Å². The van der Waals surface area contributed by atoms with Gasteiger partial charge in [0.25, 0.3) is 5.91 Å². The SMILES string of the molecule is [2H]C([2H])([2H])S(=O)(=O)C[C@H](c1ccc(OC)c(OCC)c1)N1Cc2cccc(NC(=O)C3CC3)c2C1=O. The lowest BCUT2D eigenvalue weighted by molar-refractivity contribution is -0.117. The molecule has 2 aromatic carbocycles. The van der Waals surface area contributed by atoms with E-state index >= 15 is 0 Å². The van der Waals surface area contributed by atoms with Gasteiger partial charge < -0.3 is 19.7 Å². The van der Waals surface area contributed by atoms with Crippen molar-refractivity contribution in [1.29, 1.82) is 0 Å². The molecule has 1 heterocycles. The average Bonchev–Trinajstić information content (AvgIpc) is 3.61. The van der Waals surface area contributed by atoms with Crippen LogP contribution in [0, 0.1) is 5.92 Å². The van der Waals surface area contributed by atoms with E-state index in [0.29, 0.717) is 34.9 Å². The Kier molecular flexibility index (Phi) is 5.32. The summed E-state index contributed by atoms with van der Waals surface area (Å²) in [7, 11) is -3.14. The molecule has 4 rings (SSSR count). The highest BCUT2D eigenvalue weighted by Gasteiger charge is 2.38. The van der Waals surface area contributed by atoms with Crippen molar-refractivity contribution in [3.63, 3.8) is 0 Å². The summed E-state index contributed by atoms with van der Waals surface area (Å²) in [5.74, 6) is -0.773. The Morgan fingerprint density at radius 1 is 1.27 bits per heavy atom. The maximum atomic E-state index is 13.7. The minimum absolute atomic E-state index is 0.0541. The van der Waals surface area contributed by atoms with Gasteiger partial charge in [-0.1, -0.05) is 18.2 Å². The van der Waals surface area contributed by atoms with Crippen molar-refractivity contribution >= 4 is 27.3 Å². The molecule has 9 heteroatoms. The number of amides is 2. The number of carbonyl (C=O) groups is 2. The third-order valence-electron chi connectivity index (χ3n) is 5.80. The van der Waals surface area contributed by atoms with Crippen molar-refractivity contribution in [3.8, 4) is 11.5 Å². The van der Waals surface area contributed by atoms with Crippen molar-refractivity contribution in [2.75, 3.05) is 31.0 Å². The van der Waals surface area contributed by atoms with Crippen molar-refractivity contribution in [1.82, 2.24) is 4.90 Å². The first-order valence-electron chi connectivity index (χ1n) is 12.2. The molecule has 1 atom stereocenters. The number of anilines is 1. The molecule has 176 valence electrons. The van der Waals surface area contributed by atoms with Crippen molar-refractivity contribution in [3.05, 3.63) is 53.1 Å². The number of nitrogens with one attached hydrogen (secondary N) is 1. The number of fused-ring (bicyclic) bond motifs is 1. The Hall–Kier alpha value is -3.07. The first-order chi connectivity index (χ1) is 17.0. The highest BCUT2D eigenvalue weighted by molar-refractivity contribution is 7.90. The molecule has 8 nitrogen and oxygen atoms in total. The third-order valence-corrected chi connectivity index (χ3v) is 6.55. The van der Waals surface area contributed by atoms with Gasteiger partial charge in [-0.3, -0.25) is 9.59 Å². The van der Waals surface area contributed by atoms with Crippen LogP contribution in [0.4, 0.5) is 5.69 Å². The Bertz CT molecular complexity index is 1290. The molecular weight excluding hydrogens is 444 g/mol. The highest BCUT2D eigenvalue weighted by atomic mass is 32.2. The van der Waals surface area contributed by atoms with Gasteiger partial charge in [0.15, 0.2) is 11.5 Å². The maximum Gasteiger partial charge on any atom is 0.257 e. The first-order valence-corrected chi connectivity index (χ1v) is 12.4. The largest absolute Gasteiger partial charge is 0.493 e. The summed E-state index contributed by atoms with van der Waals surface area (Å²) in [6.07, 6.45) is -1.65. The van der Waals surface area contributed by atoms with Gasteiger partial charge in [0.1, 0.15) is 9.84 Å². The Morgan fingerprint density at radius 2 is 2.06 bits per heavy atom. The molecule has 0 spiro atoms. The van der Waals surface area contributed by atoms with Crippen LogP contribution in [0.3, 0.4) is 0 Å². The summed E-state index contributed by atoms with van der Waals surface area (Å²) >= 11 is 0. The van der Waals surface area contributed by atoms with Crippen LogP contribution in [0.25, 0.3) is 0 Å². The minimum atomic E-state index is -4.60. The van der Waals surface area contributed by atoms with E-state index in [0.717, 1.165) is 12.8 Å². The Labute approximate surface area is 198 Å². The van der Waals surface area contributed by atoms with Gasteiger partial charge in [-0.15, -0.1) is 0 Å². The molecule has 33 heavy (non-hydrogen) atoms. The second-order valence-electron chi connectivity index (χ2n) is 8.18. The molecule has 2 aliphatic rings. The smallest absolute Gasteiger partial charge is 0.257 e. The van der Waals surface area contributed by atoms with Gasteiger partial charge in [-0.05, 0) is 49.1 Å². The number of nitrogens with zero attached hydrogens (tertiary/aromatic N) is 1. The van der Waals surface area contributed by atoms with Gasteiger partial charge in [0.05, 0.1) is 36.8 Å². The molecular formula is C24H28N2O6S. The number of methoxy groups -OCH3 is 1. The minimum Gasteiger partial charge on any atom is -0.493 e. The van der Waals surface area contributed by atoms with Crippen LogP contribution in [0.1, 0.15) is 51.4 Å². The van der Waals surface area contributed by atoms with Gasteiger partial charge >= 0.3 is 0 Å². The summed E-state index contributed by atoms with van der Waals surface area (Å²) in [4.78, 5) is 27.4. The predicted molar refractivity (Wildman–Crippen MR) is 124 cm³/mol.